The molecule has 7 heteroatoms. The van der Waals surface area contributed by atoms with Gasteiger partial charge >= 0.3 is 0 Å². The smallest absolute Gasteiger partial charge is 0.231 e. The van der Waals surface area contributed by atoms with E-state index in [9.17, 15) is 4.79 Å². The van der Waals surface area contributed by atoms with Crippen molar-refractivity contribution in [2.24, 2.45) is 5.73 Å². The normalized spacial score (nSPS) is 20.0. The van der Waals surface area contributed by atoms with Crippen LogP contribution in [0, 0.1) is 0 Å². The van der Waals surface area contributed by atoms with Crippen LogP contribution in [-0.2, 0) is 22.6 Å². The Kier molecular flexibility index (Phi) is 5.72. The highest BCUT2D eigenvalue weighted by Gasteiger charge is 2.22. The van der Waals surface area contributed by atoms with Crippen molar-refractivity contribution in [3.05, 3.63) is 18.0 Å². The van der Waals surface area contributed by atoms with Gasteiger partial charge in [-0.15, -0.1) is 0 Å². The van der Waals surface area contributed by atoms with E-state index in [1.807, 2.05) is 22.8 Å². The minimum atomic E-state index is -0.308. The van der Waals surface area contributed by atoms with Crippen molar-refractivity contribution >= 4 is 5.91 Å². The molecule has 2 N–H and O–H groups in total. The predicted molar refractivity (Wildman–Crippen MR) is 79.6 cm³/mol. The fourth-order valence-electron chi connectivity index (χ4n) is 2.72. The Morgan fingerprint density at radius 2 is 2.43 bits per heavy atom. The van der Waals surface area contributed by atoms with Crippen LogP contribution in [0.5, 0.6) is 0 Å². The molecule has 0 bridgehead atoms. The molecule has 0 spiro atoms. The Labute approximate surface area is 125 Å². The molecule has 1 aromatic rings. The van der Waals surface area contributed by atoms with E-state index in [0.29, 0.717) is 6.54 Å². The van der Waals surface area contributed by atoms with Crippen molar-refractivity contribution < 1.29 is 9.53 Å². The lowest BCUT2D eigenvalue weighted by Crippen LogP contribution is -2.47. The van der Waals surface area contributed by atoms with Gasteiger partial charge in [0.05, 0.1) is 24.9 Å². The summed E-state index contributed by atoms with van der Waals surface area (Å²) in [6.07, 6.45) is 1.96. The van der Waals surface area contributed by atoms with Crippen LogP contribution in [0.1, 0.15) is 12.6 Å². The van der Waals surface area contributed by atoms with Crippen molar-refractivity contribution in [1.29, 1.82) is 0 Å². The van der Waals surface area contributed by atoms with E-state index in [1.165, 1.54) is 5.69 Å². The van der Waals surface area contributed by atoms with E-state index in [2.05, 4.69) is 23.0 Å². The van der Waals surface area contributed by atoms with Crippen LogP contribution in [0.4, 0.5) is 0 Å². The largest absolute Gasteiger partial charge is 0.374 e. The third-order valence-electron chi connectivity index (χ3n) is 3.65. The summed E-state index contributed by atoms with van der Waals surface area (Å²) in [4.78, 5) is 15.2. The Morgan fingerprint density at radius 3 is 3.14 bits per heavy atom. The summed E-state index contributed by atoms with van der Waals surface area (Å²) >= 11 is 0. The standard InChI is InChI=1S/C14H25N5O2/c1-3-19-12(4-5-16-19)8-18-6-7-21-13(10-18)9-17(2)11-14(15)20/h4-5,13H,3,6-11H2,1-2H3,(H2,15,20)/t13-/m1/s1. The maximum absolute atomic E-state index is 10.9. The molecule has 1 saturated heterocycles. The van der Waals surface area contributed by atoms with Gasteiger partial charge in [-0.1, -0.05) is 0 Å². The first-order valence-electron chi connectivity index (χ1n) is 7.40. The molecule has 1 fully saturated rings. The first-order valence-corrected chi connectivity index (χ1v) is 7.40. The number of likely N-dealkylation sites (N-methyl/N-ethyl adjacent to an activating group) is 1. The second-order valence-electron chi connectivity index (χ2n) is 5.53. The van der Waals surface area contributed by atoms with Gasteiger partial charge in [-0.05, 0) is 20.0 Å². The first kappa shape index (κ1) is 15.9. The maximum atomic E-state index is 10.9. The zero-order valence-corrected chi connectivity index (χ0v) is 12.9. The van der Waals surface area contributed by atoms with Crippen LogP contribution in [0.25, 0.3) is 0 Å². The van der Waals surface area contributed by atoms with Gasteiger partial charge in [0.25, 0.3) is 0 Å². The van der Waals surface area contributed by atoms with Gasteiger partial charge in [0.2, 0.25) is 5.91 Å². The first-order chi connectivity index (χ1) is 10.1. The lowest BCUT2D eigenvalue weighted by atomic mass is 10.2. The molecule has 0 aromatic carbocycles. The molecule has 1 aliphatic heterocycles. The monoisotopic (exact) mass is 295 g/mol. The third-order valence-corrected chi connectivity index (χ3v) is 3.65. The van der Waals surface area contributed by atoms with Gasteiger partial charge < -0.3 is 10.5 Å². The molecule has 0 aliphatic carbocycles. The van der Waals surface area contributed by atoms with Crippen molar-refractivity contribution in [2.75, 3.05) is 39.8 Å². The number of aromatic nitrogens is 2. The predicted octanol–water partition coefficient (Wildman–Crippen LogP) is -0.479. The zero-order valence-electron chi connectivity index (χ0n) is 12.9. The minimum absolute atomic E-state index is 0.112. The molecule has 0 radical (unpaired) electrons. The van der Waals surface area contributed by atoms with E-state index in [0.717, 1.165) is 32.8 Å². The summed E-state index contributed by atoms with van der Waals surface area (Å²) in [6, 6.07) is 2.06. The zero-order chi connectivity index (χ0) is 15.2. The summed E-state index contributed by atoms with van der Waals surface area (Å²) in [5.74, 6) is -0.308. The summed E-state index contributed by atoms with van der Waals surface area (Å²) in [5, 5.41) is 4.30. The number of nitrogens with two attached hydrogens (primary N) is 1. The highest BCUT2D eigenvalue weighted by molar-refractivity contribution is 5.75. The van der Waals surface area contributed by atoms with Crippen LogP contribution >= 0.6 is 0 Å². The Hall–Kier alpha value is -1.44. The topological polar surface area (TPSA) is 76.6 Å². The average Bonchev–Trinajstić information content (AvgIpc) is 2.85. The molecular formula is C14H25N5O2. The third kappa shape index (κ3) is 4.80. The minimum Gasteiger partial charge on any atom is -0.374 e. The van der Waals surface area contributed by atoms with Gasteiger partial charge in [-0.3, -0.25) is 19.3 Å². The quantitative estimate of drug-likeness (QED) is 0.735. The van der Waals surface area contributed by atoms with E-state index in [1.54, 1.807) is 0 Å². The molecular weight excluding hydrogens is 270 g/mol. The van der Waals surface area contributed by atoms with Gasteiger partial charge in [0.1, 0.15) is 0 Å². The highest BCUT2D eigenvalue weighted by atomic mass is 16.5. The summed E-state index contributed by atoms with van der Waals surface area (Å²) in [5.41, 5.74) is 6.43. The van der Waals surface area contributed by atoms with E-state index >= 15 is 0 Å². The number of aryl methyl sites for hydroxylation is 1. The highest BCUT2D eigenvalue weighted by Crippen LogP contribution is 2.11. The van der Waals surface area contributed by atoms with Gasteiger partial charge in [-0.25, -0.2) is 0 Å². The van der Waals surface area contributed by atoms with Crippen LogP contribution in [-0.4, -0.2) is 71.4 Å². The molecule has 118 valence electrons. The molecule has 1 amide bonds. The number of nitrogens with zero attached hydrogens (tertiary/aromatic N) is 4. The fraction of sp³-hybridized carbons (Fsp3) is 0.714. The lowest BCUT2D eigenvalue weighted by molar-refractivity contribution is -0.119. The molecule has 21 heavy (non-hydrogen) atoms. The maximum Gasteiger partial charge on any atom is 0.231 e. The number of primary amides is 1. The summed E-state index contributed by atoms with van der Waals surface area (Å²) in [6.45, 7) is 7.34. The van der Waals surface area contributed by atoms with Crippen LogP contribution in [0.2, 0.25) is 0 Å². The number of amides is 1. The Bertz CT molecular complexity index is 462. The molecule has 0 saturated carbocycles. The lowest BCUT2D eigenvalue weighted by Gasteiger charge is -2.34. The van der Waals surface area contributed by atoms with Gasteiger partial charge in [-0.2, -0.15) is 5.10 Å². The Balaban J connectivity index is 1.84. The van der Waals surface area contributed by atoms with Crippen LogP contribution < -0.4 is 5.73 Å². The van der Waals surface area contributed by atoms with E-state index < -0.39 is 0 Å². The molecule has 2 heterocycles. The number of carbonyl (C=O) groups is 1. The second kappa shape index (κ2) is 7.53. The number of rotatable bonds is 7. The van der Waals surface area contributed by atoms with Crippen molar-refractivity contribution in [3.63, 3.8) is 0 Å². The van der Waals surface area contributed by atoms with Crippen LogP contribution in [0.3, 0.4) is 0 Å². The molecule has 1 atom stereocenters. The molecule has 1 aromatic heterocycles. The molecule has 7 nitrogen and oxygen atoms in total. The van der Waals surface area contributed by atoms with Crippen molar-refractivity contribution in [1.82, 2.24) is 19.6 Å². The molecule has 0 unspecified atom stereocenters. The molecule has 2 rings (SSSR count). The number of hydrogen-bond acceptors (Lipinski definition) is 5. The average molecular weight is 295 g/mol. The number of hydrogen-bond donors (Lipinski definition) is 1. The SMILES string of the molecule is CCn1nccc1CN1CCO[C@H](CN(C)CC(N)=O)C1. The number of carbonyl (C=O) groups excluding carboxylic acids is 1. The van der Waals surface area contributed by atoms with Crippen molar-refractivity contribution in [3.8, 4) is 0 Å². The van der Waals surface area contributed by atoms with Gasteiger partial charge in [0, 0.05) is 38.9 Å². The fourth-order valence-corrected chi connectivity index (χ4v) is 2.72. The summed E-state index contributed by atoms with van der Waals surface area (Å²) in [7, 11) is 1.89. The van der Waals surface area contributed by atoms with Gasteiger partial charge in [0.15, 0.2) is 0 Å². The van der Waals surface area contributed by atoms with E-state index in [4.69, 9.17) is 10.5 Å². The number of morpholine rings is 1. The van der Waals surface area contributed by atoms with Crippen LogP contribution in [0.15, 0.2) is 12.3 Å². The molecule has 1 aliphatic rings. The Morgan fingerprint density at radius 1 is 1.62 bits per heavy atom. The van der Waals surface area contributed by atoms with E-state index in [-0.39, 0.29) is 18.6 Å². The number of ether oxygens (including phenoxy) is 1. The second-order valence-corrected chi connectivity index (χ2v) is 5.53. The summed E-state index contributed by atoms with van der Waals surface area (Å²) < 4.78 is 7.80. The van der Waals surface area contributed by atoms with Crippen molar-refractivity contribution in [2.45, 2.75) is 26.1 Å².